The molecular weight excluding hydrogens is 366 g/mol. The van der Waals surface area contributed by atoms with Gasteiger partial charge in [-0.2, -0.15) is 0 Å². The largest absolute Gasteiger partial charge is 0.479 e. The molecule has 1 aliphatic heterocycles. The zero-order valence-electron chi connectivity index (χ0n) is 12.1. The number of benzene rings is 2. The van der Waals surface area contributed by atoms with Crippen LogP contribution in [0.15, 0.2) is 46.9 Å². The molecule has 0 fully saturated rings. The molecule has 5 heteroatoms. The van der Waals surface area contributed by atoms with Crippen LogP contribution in [0.3, 0.4) is 0 Å². The highest BCUT2D eigenvalue weighted by Crippen LogP contribution is 2.31. The molecule has 1 heterocycles. The summed E-state index contributed by atoms with van der Waals surface area (Å²) < 4.78 is 6.62. The first kappa shape index (κ1) is 15.4. The molecule has 0 saturated heterocycles. The number of para-hydroxylation sites is 1. The molecular formula is C17H15BrClNO2. The Labute approximate surface area is 143 Å². The summed E-state index contributed by atoms with van der Waals surface area (Å²) in [6, 6.07) is 13.3. The van der Waals surface area contributed by atoms with Gasteiger partial charge >= 0.3 is 0 Å². The highest BCUT2D eigenvalue weighted by Gasteiger charge is 2.29. The van der Waals surface area contributed by atoms with Gasteiger partial charge in [0, 0.05) is 16.7 Å². The zero-order chi connectivity index (χ0) is 15.7. The number of fused-ring (bicyclic) bond motifs is 1. The van der Waals surface area contributed by atoms with Gasteiger partial charge < -0.3 is 9.64 Å². The van der Waals surface area contributed by atoms with Crippen molar-refractivity contribution in [3.63, 3.8) is 0 Å². The van der Waals surface area contributed by atoms with Gasteiger partial charge in [0.2, 0.25) is 0 Å². The van der Waals surface area contributed by atoms with Gasteiger partial charge in [0.25, 0.3) is 5.91 Å². The molecule has 1 aliphatic rings. The van der Waals surface area contributed by atoms with Crippen LogP contribution in [0.1, 0.15) is 12.5 Å². The van der Waals surface area contributed by atoms with Gasteiger partial charge in [-0.05, 0) is 43.2 Å². The van der Waals surface area contributed by atoms with Crippen molar-refractivity contribution in [3.05, 3.63) is 57.5 Å². The highest BCUT2D eigenvalue weighted by molar-refractivity contribution is 9.10. The second-order valence-electron chi connectivity index (χ2n) is 5.20. The maximum absolute atomic E-state index is 12.6. The number of ether oxygens (including phenoxy) is 1. The minimum atomic E-state index is -0.593. The fourth-order valence-electron chi connectivity index (χ4n) is 2.60. The Hall–Kier alpha value is -1.52. The van der Waals surface area contributed by atoms with Crippen LogP contribution in [0.2, 0.25) is 5.02 Å². The molecule has 0 unspecified atom stereocenters. The van der Waals surface area contributed by atoms with Crippen LogP contribution in [0.25, 0.3) is 0 Å². The number of carbonyl (C=O) groups excluding carboxylic acids is 1. The van der Waals surface area contributed by atoms with E-state index in [1.807, 2.05) is 24.3 Å². The van der Waals surface area contributed by atoms with E-state index in [0.29, 0.717) is 17.3 Å². The minimum absolute atomic E-state index is 0.0519. The molecule has 1 amide bonds. The predicted octanol–water partition coefficient (Wildman–Crippen LogP) is 4.46. The quantitative estimate of drug-likeness (QED) is 0.787. The monoisotopic (exact) mass is 379 g/mol. The van der Waals surface area contributed by atoms with Crippen molar-refractivity contribution in [3.8, 4) is 5.75 Å². The molecule has 0 aromatic heterocycles. The third-order valence-electron chi connectivity index (χ3n) is 3.70. The lowest BCUT2D eigenvalue weighted by atomic mass is 10.2. The van der Waals surface area contributed by atoms with Crippen LogP contribution in [0, 0.1) is 0 Å². The Bertz CT molecular complexity index is 720. The van der Waals surface area contributed by atoms with Gasteiger partial charge in [0.05, 0.1) is 5.02 Å². The third kappa shape index (κ3) is 2.99. The Morgan fingerprint density at radius 3 is 2.86 bits per heavy atom. The second kappa shape index (κ2) is 6.31. The maximum atomic E-state index is 12.6. The predicted molar refractivity (Wildman–Crippen MR) is 91.7 cm³/mol. The smallest absolute Gasteiger partial charge is 0.267 e. The first-order chi connectivity index (χ1) is 10.6. The van der Waals surface area contributed by atoms with E-state index in [2.05, 4.69) is 22.0 Å². The Morgan fingerprint density at radius 2 is 2.09 bits per heavy atom. The van der Waals surface area contributed by atoms with Crippen LogP contribution < -0.4 is 9.64 Å². The summed E-state index contributed by atoms with van der Waals surface area (Å²) in [5, 5.41) is 0.482. The Morgan fingerprint density at radius 1 is 1.32 bits per heavy atom. The summed E-state index contributed by atoms with van der Waals surface area (Å²) in [5.41, 5.74) is 2.18. The van der Waals surface area contributed by atoms with Crippen LogP contribution in [-0.2, 0) is 11.2 Å². The number of hydrogen-bond donors (Lipinski definition) is 0. The number of rotatable bonds is 3. The van der Waals surface area contributed by atoms with E-state index < -0.39 is 6.10 Å². The summed E-state index contributed by atoms with van der Waals surface area (Å²) in [4.78, 5) is 14.4. The van der Waals surface area contributed by atoms with E-state index in [9.17, 15) is 4.79 Å². The van der Waals surface area contributed by atoms with Crippen molar-refractivity contribution in [2.45, 2.75) is 19.4 Å². The molecule has 0 saturated carbocycles. The summed E-state index contributed by atoms with van der Waals surface area (Å²) in [5.74, 6) is 0.460. The Kier molecular flexibility index (Phi) is 4.41. The molecule has 3 rings (SSSR count). The normalized spacial score (nSPS) is 14.6. The van der Waals surface area contributed by atoms with Gasteiger partial charge in [0.1, 0.15) is 5.75 Å². The fraction of sp³-hybridized carbons (Fsp3) is 0.235. The second-order valence-corrected chi connectivity index (χ2v) is 6.53. The molecule has 0 spiro atoms. The third-order valence-corrected chi connectivity index (χ3v) is 4.49. The fourth-order valence-corrected chi connectivity index (χ4v) is 3.32. The SMILES string of the molecule is C[C@@H](Oc1ccc(Br)cc1Cl)C(=O)N1CCc2ccccc21. The number of halogens is 2. The van der Waals surface area contributed by atoms with Crippen molar-refractivity contribution in [2.75, 3.05) is 11.4 Å². The van der Waals surface area contributed by atoms with Gasteiger partial charge in [-0.25, -0.2) is 0 Å². The van der Waals surface area contributed by atoms with E-state index in [-0.39, 0.29) is 5.91 Å². The summed E-state index contributed by atoms with van der Waals surface area (Å²) in [7, 11) is 0. The molecule has 2 aromatic carbocycles. The maximum Gasteiger partial charge on any atom is 0.267 e. The van der Waals surface area contributed by atoms with Crippen molar-refractivity contribution in [1.29, 1.82) is 0 Å². The van der Waals surface area contributed by atoms with E-state index in [1.54, 1.807) is 24.0 Å². The molecule has 114 valence electrons. The molecule has 0 bridgehead atoms. The zero-order valence-corrected chi connectivity index (χ0v) is 14.4. The average molecular weight is 381 g/mol. The number of amides is 1. The summed E-state index contributed by atoms with van der Waals surface area (Å²) in [6.07, 6.45) is 0.290. The lowest BCUT2D eigenvalue weighted by molar-refractivity contribution is -0.124. The molecule has 0 N–H and O–H groups in total. The van der Waals surface area contributed by atoms with Gasteiger partial charge in [-0.1, -0.05) is 45.7 Å². The van der Waals surface area contributed by atoms with Crippen LogP contribution in [-0.4, -0.2) is 18.6 Å². The number of anilines is 1. The molecule has 3 nitrogen and oxygen atoms in total. The van der Waals surface area contributed by atoms with Gasteiger partial charge in [-0.3, -0.25) is 4.79 Å². The molecule has 2 aromatic rings. The summed E-state index contributed by atoms with van der Waals surface area (Å²) in [6.45, 7) is 2.45. The molecule has 0 radical (unpaired) electrons. The van der Waals surface area contributed by atoms with E-state index >= 15 is 0 Å². The van der Waals surface area contributed by atoms with Crippen molar-refractivity contribution in [1.82, 2.24) is 0 Å². The number of hydrogen-bond acceptors (Lipinski definition) is 2. The molecule has 22 heavy (non-hydrogen) atoms. The van der Waals surface area contributed by atoms with Gasteiger partial charge in [-0.15, -0.1) is 0 Å². The van der Waals surface area contributed by atoms with E-state index in [1.165, 1.54) is 5.56 Å². The highest BCUT2D eigenvalue weighted by atomic mass is 79.9. The van der Waals surface area contributed by atoms with Gasteiger partial charge in [0.15, 0.2) is 6.10 Å². The van der Waals surface area contributed by atoms with E-state index in [0.717, 1.165) is 16.6 Å². The van der Waals surface area contributed by atoms with E-state index in [4.69, 9.17) is 16.3 Å². The van der Waals surface area contributed by atoms with Crippen LogP contribution in [0.4, 0.5) is 5.69 Å². The molecule has 0 aliphatic carbocycles. The first-order valence-electron chi connectivity index (χ1n) is 7.07. The van der Waals surface area contributed by atoms with Crippen molar-refractivity contribution < 1.29 is 9.53 Å². The number of carbonyl (C=O) groups is 1. The topological polar surface area (TPSA) is 29.5 Å². The lowest BCUT2D eigenvalue weighted by Crippen LogP contribution is -2.39. The lowest BCUT2D eigenvalue weighted by Gasteiger charge is -2.22. The molecule has 1 atom stereocenters. The minimum Gasteiger partial charge on any atom is -0.479 e. The van der Waals surface area contributed by atoms with Crippen molar-refractivity contribution >= 4 is 39.1 Å². The van der Waals surface area contributed by atoms with Crippen LogP contribution in [0.5, 0.6) is 5.75 Å². The Balaban J connectivity index is 1.76. The van der Waals surface area contributed by atoms with Crippen LogP contribution >= 0.6 is 27.5 Å². The first-order valence-corrected chi connectivity index (χ1v) is 8.24. The summed E-state index contributed by atoms with van der Waals surface area (Å²) >= 11 is 9.49. The standard InChI is InChI=1S/C17H15BrClNO2/c1-11(22-16-7-6-13(18)10-14(16)19)17(21)20-9-8-12-4-2-3-5-15(12)20/h2-7,10-11H,8-9H2,1H3/t11-/m1/s1. The number of nitrogens with zero attached hydrogens (tertiary/aromatic N) is 1. The average Bonchev–Trinajstić information content (AvgIpc) is 2.93. The van der Waals surface area contributed by atoms with Crippen molar-refractivity contribution in [2.24, 2.45) is 0 Å².